The van der Waals surface area contributed by atoms with E-state index in [1.54, 1.807) is 0 Å². The van der Waals surface area contributed by atoms with E-state index in [2.05, 4.69) is 118 Å². The zero-order valence-corrected chi connectivity index (χ0v) is 54.2. The minimum atomic E-state index is -0.781. The lowest BCUT2D eigenvalue weighted by Gasteiger charge is -2.18. The molecule has 0 amide bonds. The molecular formula is C76H132O6. The summed E-state index contributed by atoms with van der Waals surface area (Å²) in [6, 6.07) is 0. The van der Waals surface area contributed by atoms with Gasteiger partial charge in [0.2, 0.25) is 0 Å². The Hall–Kier alpha value is -3.67. The van der Waals surface area contributed by atoms with Gasteiger partial charge in [0, 0.05) is 19.3 Å². The summed E-state index contributed by atoms with van der Waals surface area (Å²) in [5.74, 6) is -0.877. The number of rotatable bonds is 64. The van der Waals surface area contributed by atoms with Crippen LogP contribution >= 0.6 is 0 Å². The van der Waals surface area contributed by atoms with Gasteiger partial charge in [-0.3, -0.25) is 14.4 Å². The van der Waals surface area contributed by atoms with E-state index in [4.69, 9.17) is 14.2 Å². The largest absolute Gasteiger partial charge is 0.462 e. The van der Waals surface area contributed by atoms with Gasteiger partial charge in [-0.25, -0.2) is 0 Å². The van der Waals surface area contributed by atoms with Crippen LogP contribution < -0.4 is 0 Å². The standard InChI is InChI=1S/C76H132O6/c1-4-7-10-13-16-19-22-24-26-28-30-32-34-35-36-37-38-39-40-41-43-44-46-48-50-52-54-57-60-63-66-69-75(78)81-72-73(71-80-74(77)68-65-62-59-56-21-18-15-12-9-6-3)82-76(79)70-67-64-61-58-55-53-51-49-47-45-42-33-31-29-27-25-23-20-17-14-11-8-5-2/h7,10,16,19,24,26,30,32,35-36,38-39,41,43,46,48,73H,4-6,8-9,11-15,17-18,20-23,25,27-29,31,33-34,37,40,42,44-45,47,49-72H2,1-3H3/b10-7-,19-16-,26-24-,32-30-,36-35-,39-38-,43-41-,48-46-. The fourth-order valence-electron chi connectivity index (χ4n) is 10.1. The molecule has 0 saturated carbocycles. The number of unbranched alkanes of at least 4 members (excludes halogenated alkanes) is 37. The average Bonchev–Trinajstić information content (AvgIpc) is 3.47. The van der Waals surface area contributed by atoms with Gasteiger partial charge in [0.1, 0.15) is 13.2 Å². The number of esters is 3. The summed E-state index contributed by atoms with van der Waals surface area (Å²) < 4.78 is 16.9. The van der Waals surface area contributed by atoms with Crippen LogP contribution in [0.3, 0.4) is 0 Å². The third-order valence-electron chi connectivity index (χ3n) is 15.4. The van der Waals surface area contributed by atoms with Crippen LogP contribution in [0.15, 0.2) is 97.2 Å². The zero-order chi connectivity index (χ0) is 59.2. The fourth-order valence-corrected chi connectivity index (χ4v) is 10.1. The number of hydrogen-bond donors (Lipinski definition) is 0. The van der Waals surface area contributed by atoms with Gasteiger partial charge in [-0.05, 0) is 83.5 Å². The molecule has 0 fully saturated rings. The average molecular weight is 1140 g/mol. The molecule has 0 spiro atoms. The Balaban J connectivity index is 4.23. The highest BCUT2D eigenvalue weighted by Crippen LogP contribution is 2.18. The smallest absolute Gasteiger partial charge is 0.306 e. The summed E-state index contributed by atoms with van der Waals surface area (Å²) in [5, 5.41) is 0. The van der Waals surface area contributed by atoms with Crippen molar-refractivity contribution in [3.05, 3.63) is 97.2 Å². The van der Waals surface area contributed by atoms with E-state index in [0.29, 0.717) is 19.3 Å². The first-order chi connectivity index (χ1) is 40.5. The van der Waals surface area contributed by atoms with Gasteiger partial charge in [0.05, 0.1) is 0 Å². The molecule has 0 aliphatic heterocycles. The minimum absolute atomic E-state index is 0.0774. The van der Waals surface area contributed by atoms with E-state index in [1.165, 1.54) is 186 Å². The molecule has 1 atom stereocenters. The van der Waals surface area contributed by atoms with Gasteiger partial charge in [0.25, 0.3) is 0 Å². The second-order valence-corrected chi connectivity index (χ2v) is 23.4. The van der Waals surface area contributed by atoms with E-state index in [0.717, 1.165) is 122 Å². The fraction of sp³-hybridized carbons (Fsp3) is 0.750. The normalized spacial score (nSPS) is 12.7. The van der Waals surface area contributed by atoms with Crippen LogP contribution in [-0.4, -0.2) is 37.2 Å². The molecule has 6 nitrogen and oxygen atoms in total. The molecule has 0 bridgehead atoms. The van der Waals surface area contributed by atoms with Crippen LogP contribution in [0.25, 0.3) is 0 Å². The van der Waals surface area contributed by atoms with Crippen molar-refractivity contribution in [2.45, 2.75) is 354 Å². The third kappa shape index (κ3) is 67.1. The highest BCUT2D eigenvalue weighted by Gasteiger charge is 2.19. The van der Waals surface area contributed by atoms with Gasteiger partial charge in [-0.2, -0.15) is 0 Å². The number of ether oxygens (including phenoxy) is 3. The highest BCUT2D eigenvalue weighted by molar-refractivity contribution is 5.71. The Morgan fingerprint density at radius 2 is 0.476 bits per heavy atom. The molecule has 82 heavy (non-hydrogen) atoms. The number of carbonyl (C=O) groups excluding carboxylic acids is 3. The van der Waals surface area contributed by atoms with Crippen LogP contribution in [0.4, 0.5) is 0 Å². The second kappa shape index (κ2) is 69.8. The van der Waals surface area contributed by atoms with E-state index < -0.39 is 6.10 Å². The van der Waals surface area contributed by atoms with Gasteiger partial charge < -0.3 is 14.2 Å². The summed E-state index contributed by atoms with van der Waals surface area (Å²) in [7, 11) is 0. The SMILES string of the molecule is CC/C=C\C/C=C\C/C=C\C/C=C\C/C=C\C/C=C\C/C=C\C/C=C\CCCCCCCCC(=O)OCC(COC(=O)CCCCCCCCCCCC)OC(=O)CCCCCCCCCCCCCCCCCCCCCCCCC. The molecule has 6 heteroatoms. The predicted molar refractivity (Wildman–Crippen MR) is 357 cm³/mol. The van der Waals surface area contributed by atoms with Crippen LogP contribution in [-0.2, 0) is 28.6 Å². The number of allylic oxidation sites excluding steroid dienone is 16. The lowest BCUT2D eigenvalue weighted by molar-refractivity contribution is -0.167. The monoisotopic (exact) mass is 1140 g/mol. The van der Waals surface area contributed by atoms with Crippen molar-refractivity contribution in [1.29, 1.82) is 0 Å². The molecule has 0 aliphatic carbocycles. The van der Waals surface area contributed by atoms with Crippen molar-refractivity contribution in [2.75, 3.05) is 13.2 Å². The van der Waals surface area contributed by atoms with Crippen molar-refractivity contribution in [3.8, 4) is 0 Å². The maximum Gasteiger partial charge on any atom is 0.306 e. The predicted octanol–water partition coefficient (Wildman–Crippen LogP) is 24.4. The number of hydrogen-bond acceptors (Lipinski definition) is 6. The van der Waals surface area contributed by atoms with E-state index >= 15 is 0 Å². The first kappa shape index (κ1) is 78.3. The van der Waals surface area contributed by atoms with Crippen LogP contribution in [0.2, 0.25) is 0 Å². The highest BCUT2D eigenvalue weighted by atomic mass is 16.6. The third-order valence-corrected chi connectivity index (χ3v) is 15.4. The number of carbonyl (C=O) groups is 3. The first-order valence-corrected chi connectivity index (χ1v) is 35.2. The Labute approximate surface area is 508 Å². The first-order valence-electron chi connectivity index (χ1n) is 35.2. The maximum atomic E-state index is 12.9. The molecule has 0 aromatic rings. The molecule has 0 aromatic carbocycles. The molecule has 0 rings (SSSR count). The topological polar surface area (TPSA) is 78.9 Å². The van der Waals surface area contributed by atoms with E-state index in [1.807, 2.05) is 0 Å². The summed E-state index contributed by atoms with van der Waals surface area (Å²) in [6.07, 6.45) is 94.4. The summed E-state index contributed by atoms with van der Waals surface area (Å²) in [6.45, 7) is 6.55. The van der Waals surface area contributed by atoms with E-state index in [9.17, 15) is 14.4 Å². The summed E-state index contributed by atoms with van der Waals surface area (Å²) in [4.78, 5) is 38.3. The van der Waals surface area contributed by atoms with Crippen LogP contribution in [0, 0.1) is 0 Å². The van der Waals surface area contributed by atoms with Crippen LogP contribution in [0.5, 0.6) is 0 Å². The molecular weight excluding hydrogens is 1010 g/mol. The Kier molecular flexibility index (Phi) is 66.7. The van der Waals surface area contributed by atoms with Crippen molar-refractivity contribution < 1.29 is 28.6 Å². The minimum Gasteiger partial charge on any atom is -0.462 e. The molecule has 472 valence electrons. The molecule has 0 aromatic heterocycles. The quantitative estimate of drug-likeness (QED) is 0.0261. The lowest BCUT2D eigenvalue weighted by Crippen LogP contribution is -2.30. The van der Waals surface area contributed by atoms with Gasteiger partial charge in [-0.1, -0.05) is 343 Å². The Morgan fingerprint density at radius 1 is 0.256 bits per heavy atom. The molecule has 0 aliphatic rings. The summed E-state index contributed by atoms with van der Waals surface area (Å²) >= 11 is 0. The van der Waals surface area contributed by atoms with Gasteiger partial charge >= 0.3 is 17.9 Å². The van der Waals surface area contributed by atoms with Gasteiger partial charge in [0.15, 0.2) is 6.10 Å². The van der Waals surface area contributed by atoms with Crippen molar-refractivity contribution in [3.63, 3.8) is 0 Å². The van der Waals surface area contributed by atoms with E-state index in [-0.39, 0.29) is 31.1 Å². The molecule has 0 heterocycles. The Bertz CT molecular complexity index is 1590. The van der Waals surface area contributed by atoms with Crippen LogP contribution in [0.1, 0.15) is 348 Å². The maximum absolute atomic E-state index is 12.9. The van der Waals surface area contributed by atoms with Gasteiger partial charge in [-0.15, -0.1) is 0 Å². The van der Waals surface area contributed by atoms with Crippen molar-refractivity contribution in [2.24, 2.45) is 0 Å². The summed E-state index contributed by atoms with van der Waals surface area (Å²) in [5.41, 5.74) is 0. The molecule has 0 saturated heterocycles. The second-order valence-electron chi connectivity index (χ2n) is 23.4. The molecule has 1 unspecified atom stereocenters. The van der Waals surface area contributed by atoms with Crippen molar-refractivity contribution >= 4 is 17.9 Å². The van der Waals surface area contributed by atoms with Crippen molar-refractivity contribution in [1.82, 2.24) is 0 Å². The lowest BCUT2D eigenvalue weighted by atomic mass is 10.0. The zero-order valence-electron chi connectivity index (χ0n) is 54.2. The Morgan fingerprint density at radius 3 is 0.744 bits per heavy atom. The molecule has 0 radical (unpaired) electrons. The molecule has 0 N–H and O–H groups in total.